The number of carbonyl (C=O) groups is 1. The van der Waals surface area contributed by atoms with Crippen LogP contribution >= 0.6 is 34.2 Å². The van der Waals surface area contributed by atoms with Gasteiger partial charge in [-0.1, -0.05) is 11.6 Å². The van der Waals surface area contributed by atoms with Crippen molar-refractivity contribution >= 4 is 51.7 Å². The highest BCUT2D eigenvalue weighted by Crippen LogP contribution is 2.25. The zero-order valence-electron chi connectivity index (χ0n) is 9.22. The Morgan fingerprint density at radius 1 is 1.37 bits per heavy atom. The summed E-state index contributed by atoms with van der Waals surface area (Å²) in [5, 5.41) is 13.3. The minimum Gasteiger partial charge on any atom is -0.395 e. The maximum atomic E-state index is 11.8. The van der Waals surface area contributed by atoms with Crippen molar-refractivity contribution in [2.75, 3.05) is 5.32 Å². The van der Waals surface area contributed by atoms with Crippen molar-refractivity contribution in [3.05, 3.63) is 54.8 Å². The van der Waals surface area contributed by atoms with E-state index in [1.54, 1.807) is 18.2 Å². The fourth-order valence-electron chi connectivity index (χ4n) is 1.33. The number of furan rings is 1. The summed E-state index contributed by atoms with van der Waals surface area (Å²) in [5.41, 5.74) is 0.414. The molecule has 0 atom stereocenters. The van der Waals surface area contributed by atoms with Crippen molar-refractivity contribution < 1.29 is 14.1 Å². The lowest BCUT2D eigenvalue weighted by molar-refractivity contribution is -0.402. The molecule has 0 saturated heterocycles. The Morgan fingerprint density at radius 3 is 2.74 bits per heavy atom. The van der Waals surface area contributed by atoms with Crippen molar-refractivity contribution in [1.82, 2.24) is 0 Å². The van der Waals surface area contributed by atoms with Gasteiger partial charge < -0.3 is 9.73 Å². The Balaban J connectivity index is 2.20. The Kier molecular flexibility index (Phi) is 4.05. The highest BCUT2D eigenvalue weighted by molar-refractivity contribution is 14.1. The summed E-state index contributed by atoms with van der Waals surface area (Å²) in [6, 6.07) is 7.46. The lowest BCUT2D eigenvalue weighted by Gasteiger charge is -2.05. The predicted octanol–water partition coefficient (Wildman–Crippen LogP) is 3.70. The number of amides is 1. The molecule has 1 aromatic heterocycles. The molecule has 0 spiro atoms. The van der Waals surface area contributed by atoms with Crippen LogP contribution in [0.4, 0.5) is 11.6 Å². The van der Waals surface area contributed by atoms with Crippen molar-refractivity contribution in [3.8, 4) is 0 Å². The van der Waals surface area contributed by atoms with E-state index < -0.39 is 16.7 Å². The number of benzene rings is 1. The molecule has 0 aliphatic rings. The van der Waals surface area contributed by atoms with E-state index >= 15 is 0 Å². The second-order valence-electron chi connectivity index (χ2n) is 3.47. The van der Waals surface area contributed by atoms with Crippen LogP contribution < -0.4 is 5.32 Å². The van der Waals surface area contributed by atoms with Crippen LogP contribution in [0.2, 0.25) is 5.02 Å². The first-order chi connectivity index (χ1) is 8.97. The van der Waals surface area contributed by atoms with E-state index in [1.807, 2.05) is 0 Å². The first-order valence-electron chi connectivity index (χ1n) is 4.98. The van der Waals surface area contributed by atoms with E-state index in [4.69, 9.17) is 16.0 Å². The molecule has 0 unspecified atom stereocenters. The number of nitro groups is 1. The Labute approximate surface area is 126 Å². The number of rotatable bonds is 3. The fourth-order valence-corrected chi connectivity index (χ4v) is 1.98. The maximum absolute atomic E-state index is 11.8. The lowest BCUT2D eigenvalue weighted by atomic mass is 10.3. The molecule has 1 amide bonds. The highest BCUT2D eigenvalue weighted by atomic mass is 127. The van der Waals surface area contributed by atoms with Crippen molar-refractivity contribution in [2.45, 2.75) is 0 Å². The number of halogens is 2. The number of nitrogens with zero attached hydrogens (tertiary/aromatic N) is 1. The largest absolute Gasteiger partial charge is 0.433 e. The molecule has 1 N–H and O–H groups in total. The van der Waals surface area contributed by atoms with Crippen LogP contribution in [0, 0.1) is 13.7 Å². The van der Waals surface area contributed by atoms with Gasteiger partial charge in [0.1, 0.15) is 4.92 Å². The van der Waals surface area contributed by atoms with Gasteiger partial charge in [-0.25, -0.2) is 0 Å². The molecule has 1 heterocycles. The molecule has 0 saturated carbocycles. The Hall–Kier alpha value is -1.61. The molecule has 8 heteroatoms. The summed E-state index contributed by atoms with van der Waals surface area (Å²) < 4.78 is 5.68. The van der Waals surface area contributed by atoms with Gasteiger partial charge in [0.15, 0.2) is 5.76 Å². The fraction of sp³-hybridized carbons (Fsp3) is 0. The molecular formula is C11H6ClIN2O4. The maximum Gasteiger partial charge on any atom is 0.433 e. The number of carbonyl (C=O) groups excluding carboxylic acids is 1. The van der Waals surface area contributed by atoms with Crippen LogP contribution in [0.1, 0.15) is 10.6 Å². The third-order valence-corrected chi connectivity index (χ3v) is 3.17. The Morgan fingerprint density at radius 2 is 2.11 bits per heavy atom. The van der Waals surface area contributed by atoms with Crippen LogP contribution in [0.25, 0.3) is 0 Å². The van der Waals surface area contributed by atoms with Gasteiger partial charge in [-0.2, -0.15) is 0 Å². The van der Waals surface area contributed by atoms with E-state index in [0.29, 0.717) is 10.7 Å². The van der Waals surface area contributed by atoms with Crippen molar-refractivity contribution in [3.63, 3.8) is 0 Å². The quantitative estimate of drug-likeness (QED) is 0.490. The standard InChI is InChI=1S/C11H6ClIN2O4/c12-7-2-1-6(13)5-8(7)14-11(16)9-3-4-10(19-9)15(17)18/h1-5H,(H,14,16). The molecule has 19 heavy (non-hydrogen) atoms. The van der Waals surface area contributed by atoms with Gasteiger partial charge in [-0.3, -0.25) is 14.9 Å². The third-order valence-electron chi connectivity index (χ3n) is 2.17. The first kappa shape index (κ1) is 13.8. The lowest BCUT2D eigenvalue weighted by Crippen LogP contribution is -2.11. The zero-order valence-corrected chi connectivity index (χ0v) is 12.1. The molecule has 0 radical (unpaired) electrons. The van der Waals surface area contributed by atoms with Crippen LogP contribution in [-0.2, 0) is 0 Å². The molecule has 0 fully saturated rings. The summed E-state index contributed by atoms with van der Waals surface area (Å²) in [5.74, 6) is -1.24. The number of hydrogen-bond acceptors (Lipinski definition) is 4. The molecule has 98 valence electrons. The normalized spacial score (nSPS) is 10.2. The zero-order chi connectivity index (χ0) is 14.0. The van der Waals surface area contributed by atoms with E-state index in [1.165, 1.54) is 6.07 Å². The predicted molar refractivity (Wildman–Crippen MR) is 77.5 cm³/mol. The monoisotopic (exact) mass is 392 g/mol. The topological polar surface area (TPSA) is 85.4 Å². The molecule has 0 aliphatic carbocycles. The molecule has 0 bridgehead atoms. The van der Waals surface area contributed by atoms with Crippen molar-refractivity contribution in [2.24, 2.45) is 0 Å². The van der Waals surface area contributed by atoms with Gasteiger partial charge in [0.2, 0.25) is 0 Å². The first-order valence-corrected chi connectivity index (χ1v) is 6.43. The highest BCUT2D eigenvalue weighted by Gasteiger charge is 2.18. The van der Waals surface area contributed by atoms with E-state index in [0.717, 1.165) is 9.64 Å². The van der Waals surface area contributed by atoms with Gasteiger partial charge in [0.25, 0.3) is 5.91 Å². The summed E-state index contributed by atoms with van der Waals surface area (Å²) >= 11 is 8.00. The van der Waals surface area contributed by atoms with Crippen molar-refractivity contribution in [1.29, 1.82) is 0 Å². The van der Waals surface area contributed by atoms with Gasteiger partial charge >= 0.3 is 5.88 Å². The van der Waals surface area contributed by atoms with Crippen LogP contribution in [0.5, 0.6) is 0 Å². The van der Waals surface area contributed by atoms with Gasteiger partial charge in [-0.05, 0) is 46.9 Å². The van der Waals surface area contributed by atoms with E-state index in [9.17, 15) is 14.9 Å². The van der Waals surface area contributed by atoms with Crippen LogP contribution in [0.3, 0.4) is 0 Å². The van der Waals surface area contributed by atoms with E-state index in [-0.39, 0.29) is 5.76 Å². The van der Waals surface area contributed by atoms with Gasteiger partial charge in [-0.15, -0.1) is 0 Å². The summed E-state index contributed by atoms with van der Waals surface area (Å²) in [7, 11) is 0. The molecule has 6 nitrogen and oxygen atoms in total. The average Bonchev–Trinajstić information content (AvgIpc) is 2.83. The van der Waals surface area contributed by atoms with E-state index in [2.05, 4.69) is 27.9 Å². The molecule has 2 rings (SSSR count). The smallest absolute Gasteiger partial charge is 0.395 e. The number of hydrogen-bond donors (Lipinski definition) is 1. The van der Waals surface area contributed by atoms with Crippen LogP contribution in [-0.4, -0.2) is 10.8 Å². The molecule has 1 aromatic carbocycles. The minimum absolute atomic E-state index is 0.151. The minimum atomic E-state index is -0.713. The Bertz CT molecular complexity index is 656. The molecular weight excluding hydrogens is 386 g/mol. The number of nitrogens with one attached hydrogen (secondary N) is 1. The summed E-state index contributed by atoms with van der Waals surface area (Å²) in [6.45, 7) is 0. The second kappa shape index (κ2) is 5.57. The second-order valence-corrected chi connectivity index (χ2v) is 5.13. The third kappa shape index (κ3) is 3.24. The summed E-state index contributed by atoms with van der Waals surface area (Å²) in [4.78, 5) is 21.6. The molecule has 0 aliphatic heterocycles. The molecule has 2 aromatic rings. The SMILES string of the molecule is O=C(Nc1cc(I)ccc1Cl)c1ccc([N+](=O)[O-])o1. The van der Waals surface area contributed by atoms with Gasteiger partial charge in [0, 0.05) is 3.57 Å². The average molecular weight is 393 g/mol. The summed E-state index contributed by atoms with van der Waals surface area (Å²) in [6.07, 6.45) is 0. The van der Waals surface area contributed by atoms with Gasteiger partial charge in [0.05, 0.1) is 16.8 Å². The van der Waals surface area contributed by atoms with Crippen LogP contribution in [0.15, 0.2) is 34.7 Å². The number of anilines is 1.